The van der Waals surface area contributed by atoms with E-state index >= 15 is 0 Å². The van der Waals surface area contributed by atoms with Crippen LogP contribution in [0.25, 0.3) is 16.3 Å². The fourth-order valence-electron chi connectivity index (χ4n) is 2.91. The highest BCUT2D eigenvalue weighted by molar-refractivity contribution is 9.11. The van der Waals surface area contributed by atoms with Crippen LogP contribution in [0.15, 0.2) is 40.2 Å². The highest BCUT2D eigenvalue weighted by Gasteiger charge is 2.22. The summed E-state index contributed by atoms with van der Waals surface area (Å²) < 4.78 is 3.14. The minimum absolute atomic E-state index is 0.738. The fraction of sp³-hybridized carbons (Fsp3) is 0.235. The van der Waals surface area contributed by atoms with Crippen LogP contribution in [-0.2, 0) is 6.42 Å². The Bertz CT molecular complexity index is 838. The smallest absolute Gasteiger partial charge is 0.133 e. The second-order valence-corrected chi connectivity index (χ2v) is 8.45. The van der Waals surface area contributed by atoms with Crippen LogP contribution in [0.2, 0.25) is 5.02 Å². The van der Waals surface area contributed by atoms with Gasteiger partial charge in [0.15, 0.2) is 0 Å². The molecule has 3 heterocycles. The van der Waals surface area contributed by atoms with Gasteiger partial charge in [0, 0.05) is 17.1 Å². The third-order valence-electron chi connectivity index (χ3n) is 4.01. The average Bonchev–Trinajstić information content (AvgIpc) is 3.04. The number of nitrogens with zero attached hydrogens (tertiary/aromatic N) is 2. The van der Waals surface area contributed by atoms with Crippen molar-refractivity contribution in [1.82, 2.24) is 9.78 Å². The van der Waals surface area contributed by atoms with Gasteiger partial charge in [-0.05, 0) is 71.6 Å². The number of fused-ring (bicyclic) bond motifs is 1. The van der Waals surface area contributed by atoms with Gasteiger partial charge in [-0.15, -0.1) is 11.3 Å². The van der Waals surface area contributed by atoms with E-state index in [1.807, 2.05) is 28.9 Å². The topological polar surface area (TPSA) is 29.9 Å². The van der Waals surface area contributed by atoms with Crippen LogP contribution in [-0.4, -0.2) is 16.3 Å². The number of hydrogen-bond donors (Lipinski definition) is 1. The summed E-state index contributed by atoms with van der Waals surface area (Å²) in [6, 6.07) is 12.0. The van der Waals surface area contributed by atoms with Crippen molar-refractivity contribution in [2.75, 3.05) is 11.9 Å². The van der Waals surface area contributed by atoms with Gasteiger partial charge in [-0.25, -0.2) is 4.68 Å². The summed E-state index contributed by atoms with van der Waals surface area (Å²) in [6.07, 6.45) is 3.43. The van der Waals surface area contributed by atoms with E-state index in [2.05, 4.69) is 33.4 Å². The zero-order chi connectivity index (χ0) is 15.8. The van der Waals surface area contributed by atoms with Crippen LogP contribution in [0.4, 0.5) is 5.82 Å². The van der Waals surface area contributed by atoms with Gasteiger partial charge in [0.25, 0.3) is 0 Å². The Balaban J connectivity index is 1.89. The van der Waals surface area contributed by atoms with E-state index in [-0.39, 0.29) is 0 Å². The van der Waals surface area contributed by atoms with Gasteiger partial charge in [-0.2, -0.15) is 5.10 Å². The first-order chi connectivity index (χ1) is 11.2. The van der Waals surface area contributed by atoms with E-state index in [9.17, 15) is 0 Å². The molecule has 0 atom stereocenters. The van der Waals surface area contributed by atoms with Crippen LogP contribution in [0.3, 0.4) is 0 Å². The van der Waals surface area contributed by atoms with Crippen molar-refractivity contribution < 1.29 is 0 Å². The lowest BCUT2D eigenvalue weighted by Gasteiger charge is -2.09. The molecule has 0 saturated carbocycles. The van der Waals surface area contributed by atoms with E-state index in [4.69, 9.17) is 16.7 Å². The second-order valence-electron chi connectivity index (χ2n) is 5.55. The van der Waals surface area contributed by atoms with Crippen molar-refractivity contribution in [2.24, 2.45) is 0 Å². The number of hydrogen-bond acceptors (Lipinski definition) is 3. The minimum atomic E-state index is 0.738. The Morgan fingerprint density at radius 2 is 1.96 bits per heavy atom. The van der Waals surface area contributed by atoms with Crippen LogP contribution in [0.5, 0.6) is 0 Å². The second kappa shape index (κ2) is 6.30. The molecule has 23 heavy (non-hydrogen) atoms. The molecule has 6 heteroatoms. The van der Waals surface area contributed by atoms with E-state index in [0.29, 0.717) is 0 Å². The zero-order valence-corrected chi connectivity index (χ0v) is 15.5. The number of anilines is 1. The van der Waals surface area contributed by atoms with Gasteiger partial charge >= 0.3 is 0 Å². The van der Waals surface area contributed by atoms with Gasteiger partial charge in [0.2, 0.25) is 0 Å². The molecule has 4 rings (SSSR count). The molecule has 2 aromatic heterocycles. The third kappa shape index (κ3) is 2.93. The number of benzene rings is 1. The lowest BCUT2D eigenvalue weighted by molar-refractivity contribution is 0.780. The Kier molecular flexibility index (Phi) is 4.18. The molecule has 1 aliphatic heterocycles. The molecule has 0 amide bonds. The van der Waals surface area contributed by atoms with Crippen LogP contribution in [0.1, 0.15) is 18.4 Å². The van der Waals surface area contributed by atoms with E-state index in [1.165, 1.54) is 23.3 Å². The molecule has 1 N–H and O–H groups in total. The summed E-state index contributed by atoms with van der Waals surface area (Å²) in [5.74, 6) is 1.12. The monoisotopic (exact) mass is 407 g/mol. The SMILES string of the molecule is Clc1ccc(-n2nc(-c3ccc(Br)s3)c3c2NCCCC3)cc1. The van der Waals surface area contributed by atoms with Crippen molar-refractivity contribution in [3.05, 3.63) is 50.8 Å². The molecule has 0 saturated heterocycles. The Morgan fingerprint density at radius 3 is 2.70 bits per heavy atom. The largest absolute Gasteiger partial charge is 0.370 e. The quantitative estimate of drug-likeness (QED) is 0.584. The molecule has 1 aliphatic rings. The molecule has 3 aromatic rings. The predicted molar refractivity (Wildman–Crippen MR) is 101 cm³/mol. The molecule has 0 aliphatic carbocycles. The Hall–Kier alpha value is -1.30. The third-order valence-corrected chi connectivity index (χ3v) is 5.89. The lowest BCUT2D eigenvalue weighted by atomic mass is 10.1. The number of aromatic nitrogens is 2. The maximum absolute atomic E-state index is 6.02. The van der Waals surface area contributed by atoms with Crippen molar-refractivity contribution in [1.29, 1.82) is 0 Å². The van der Waals surface area contributed by atoms with E-state index in [0.717, 1.165) is 39.0 Å². The summed E-state index contributed by atoms with van der Waals surface area (Å²) in [4.78, 5) is 1.20. The molecular formula is C17H15BrClN3S. The van der Waals surface area contributed by atoms with Crippen LogP contribution in [0, 0.1) is 0 Å². The maximum atomic E-state index is 6.02. The van der Waals surface area contributed by atoms with Crippen LogP contribution >= 0.6 is 38.9 Å². The zero-order valence-electron chi connectivity index (χ0n) is 12.4. The number of nitrogens with one attached hydrogen (secondary N) is 1. The molecule has 3 nitrogen and oxygen atoms in total. The average molecular weight is 409 g/mol. The van der Waals surface area contributed by atoms with E-state index < -0.39 is 0 Å². The highest BCUT2D eigenvalue weighted by atomic mass is 79.9. The van der Waals surface area contributed by atoms with Crippen molar-refractivity contribution >= 4 is 44.7 Å². The Morgan fingerprint density at radius 1 is 1.13 bits per heavy atom. The van der Waals surface area contributed by atoms with Crippen molar-refractivity contribution in [3.8, 4) is 16.3 Å². The van der Waals surface area contributed by atoms with Crippen LogP contribution < -0.4 is 5.32 Å². The predicted octanol–water partition coefficient (Wildman–Crippen LogP) is 5.76. The van der Waals surface area contributed by atoms with Gasteiger partial charge in [-0.1, -0.05) is 11.6 Å². The standard InChI is InChI=1S/C17H15BrClN3S/c18-15-9-8-14(23-15)16-13-3-1-2-10-20-17(13)22(21-16)12-6-4-11(19)5-7-12/h4-9,20H,1-3,10H2. The van der Waals surface area contributed by atoms with E-state index in [1.54, 1.807) is 11.3 Å². The summed E-state index contributed by atoms with van der Waals surface area (Å²) in [6.45, 7) is 0.986. The van der Waals surface area contributed by atoms with Crippen molar-refractivity contribution in [2.45, 2.75) is 19.3 Å². The first kappa shape index (κ1) is 15.2. The molecule has 0 radical (unpaired) electrons. The number of thiophene rings is 1. The molecule has 118 valence electrons. The molecule has 0 bridgehead atoms. The van der Waals surface area contributed by atoms with Gasteiger partial charge in [-0.3, -0.25) is 0 Å². The van der Waals surface area contributed by atoms with Gasteiger partial charge in [0.1, 0.15) is 11.5 Å². The molecule has 1 aromatic carbocycles. The fourth-order valence-corrected chi connectivity index (χ4v) is 4.44. The van der Waals surface area contributed by atoms with Gasteiger partial charge < -0.3 is 5.32 Å². The first-order valence-electron chi connectivity index (χ1n) is 7.60. The summed E-state index contributed by atoms with van der Waals surface area (Å²) in [7, 11) is 0. The lowest BCUT2D eigenvalue weighted by Crippen LogP contribution is -2.06. The first-order valence-corrected chi connectivity index (χ1v) is 9.58. The highest BCUT2D eigenvalue weighted by Crippen LogP contribution is 2.38. The summed E-state index contributed by atoms with van der Waals surface area (Å²) >= 11 is 11.3. The Labute approximate surface area is 152 Å². The molecule has 0 fully saturated rings. The minimum Gasteiger partial charge on any atom is -0.370 e. The number of halogens is 2. The molecular weight excluding hydrogens is 394 g/mol. The molecule has 0 unspecified atom stereocenters. The summed E-state index contributed by atoms with van der Waals surface area (Å²) in [5, 5.41) is 9.22. The summed E-state index contributed by atoms with van der Waals surface area (Å²) in [5.41, 5.74) is 3.42. The van der Waals surface area contributed by atoms with Crippen molar-refractivity contribution in [3.63, 3.8) is 0 Å². The number of rotatable bonds is 2. The normalized spacial score (nSPS) is 14.2. The van der Waals surface area contributed by atoms with Gasteiger partial charge in [0.05, 0.1) is 14.4 Å². The molecule has 0 spiro atoms. The maximum Gasteiger partial charge on any atom is 0.133 e.